The minimum absolute atomic E-state index is 0.107. The van der Waals surface area contributed by atoms with E-state index in [1.807, 2.05) is 0 Å². The molecule has 564 valence electrons. The summed E-state index contributed by atoms with van der Waals surface area (Å²) >= 11 is 0. The highest BCUT2D eigenvalue weighted by atomic mass is 31.2. The zero-order valence-electron chi connectivity index (χ0n) is 62.0. The second kappa shape index (κ2) is 67.9. The maximum Gasteiger partial charge on any atom is 0.472 e. The van der Waals surface area contributed by atoms with Gasteiger partial charge in [-0.3, -0.25) is 37.3 Å². The highest BCUT2D eigenvalue weighted by Gasteiger charge is 2.30. The lowest BCUT2D eigenvalue weighted by molar-refractivity contribution is -0.161. The Kier molecular flexibility index (Phi) is 66.5. The predicted octanol–water partition coefficient (Wildman–Crippen LogP) is 22.3. The number of unbranched alkanes of at least 4 members (excludes halogenated alkanes) is 43. The molecule has 0 saturated carbocycles. The van der Waals surface area contributed by atoms with Gasteiger partial charge in [0.2, 0.25) is 0 Å². The number of aliphatic hydroxyl groups excluding tert-OH is 1. The van der Waals surface area contributed by atoms with Gasteiger partial charge in [-0.25, -0.2) is 9.13 Å². The zero-order chi connectivity index (χ0) is 70.0. The van der Waals surface area contributed by atoms with Gasteiger partial charge in [0.25, 0.3) is 0 Å². The monoisotopic (exact) mass is 1400 g/mol. The Labute approximate surface area is 581 Å². The molecule has 3 N–H and O–H groups in total. The summed E-state index contributed by atoms with van der Waals surface area (Å²) in [6, 6.07) is 0. The van der Waals surface area contributed by atoms with Crippen molar-refractivity contribution in [2.24, 2.45) is 11.8 Å². The number of carbonyl (C=O) groups is 4. The number of carbonyl (C=O) groups excluding carboxylic acids is 4. The van der Waals surface area contributed by atoms with Crippen LogP contribution in [0.1, 0.15) is 395 Å². The number of aliphatic hydroxyl groups is 1. The maximum atomic E-state index is 13.1. The third-order valence-electron chi connectivity index (χ3n) is 18.4. The number of hydrogen-bond acceptors (Lipinski definition) is 15. The molecule has 0 saturated heterocycles. The predicted molar refractivity (Wildman–Crippen MR) is 386 cm³/mol. The molecule has 19 heteroatoms. The van der Waals surface area contributed by atoms with Gasteiger partial charge in [0, 0.05) is 25.7 Å². The van der Waals surface area contributed by atoms with E-state index in [1.165, 1.54) is 199 Å². The van der Waals surface area contributed by atoms with Gasteiger partial charge in [-0.05, 0) is 37.5 Å². The van der Waals surface area contributed by atoms with Crippen molar-refractivity contribution in [1.82, 2.24) is 0 Å². The van der Waals surface area contributed by atoms with Crippen molar-refractivity contribution < 1.29 is 80.2 Å². The van der Waals surface area contributed by atoms with Gasteiger partial charge in [0.1, 0.15) is 19.3 Å². The SMILES string of the molecule is CCCCCCCCCCCCCCC(=O)O[C@H](COC(=O)CCCCCCCCC)COP(=O)(O)OC[C@H](O)COP(=O)(O)OC[C@@H](COC(=O)CCCCCCCCCCCCC(C)CC)OC(=O)CCCCCCCCCCCCCCCCCCCCC(C)CC. The fourth-order valence-electron chi connectivity index (χ4n) is 11.6. The molecule has 0 fully saturated rings. The Morgan fingerprint density at radius 2 is 0.505 bits per heavy atom. The highest BCUT2D eigenvalue weighted by Crippen LogP contribution is 2.45. The minimum atomic E-state index is -4.96. The van der Waals surface area contributed by atoms with E-state index in [1.54, 1.807) is 0 Å². The van der Waals surface area contributed by atoms with Crippen molar-refractivity contribution in [1.29, 1.82) is 0 Å². The average molecular weight is 1400 g/mol. The van der Waals surface area contributed by atoms with Crippen LogP contribution in [0, 0.1) is 11.8 Å². The summed E-state index contributed by atoms with van der Waals surface area (Å²) in [5.74, 6) is -0.440. The molecule has 0 radical (unpaired) electrons. The van der Waals surface area contributed by atoms with E-state index in [9.17, 15) is 43.2 Å². The number of phosphoric acid groups is 2. The van der Waals surface area contributed by atoms with Gasteiger partial charge >= 0.3 is 39.5 Å². The van der Waals surface area contributed by atoms with Crippen LogP contribution >= 0.6 is 15.6 Å². The normalized spacial score (nSPS) is 14.6. The van der Waals surface area contributed by atoms with Crippen molar-refractivity contribution in [3.05, 3.63) is 0 Å². The molecule has 0 aliphatic rings. The zero-order valence-corrected chi connectivity index (χ0v) is 63.8. The Morgan fingerprint density at radius 3 is 0.747 bits per heavy atom. The van der Waals surface area contributed by atoms with Gasteiger partial charge in [0.05, 0.1) is 26.4 Å². The molecule has 0 aliphatic heterocycles. The van der Waals surface area contributed by atoms with Gasteiger partial charge in [-0.1, -0.05) is 343 Å². The second-order valence-corrected chi connectivity index (χ2v) is 30.8. The first-order valence-corrected chi connectivity index (χ1v) is 42.6. The third-order valence-corrected chi connectivity index (χ3v) is 20.3. The van der Waals surface area contributed by atoms with E-state index in [0.717, 1.165) is 115 Å². The Morgan fingerprint density at radius 1 is 0.295 bits per heavy atom. The van der Waals surface area contributed by atoms with Crippen molar-refractivity contribution in [2.75, 3.05) is 39.6 Å². The second-order valence-electron chi connectivity index (χ2n) is 27.9. The van der Waals surface area contributed by atoms with E-state index in [2.05, 4.69) is 41.5 Å². The largest absolute Gasteiger partial charge is 0.472 e. The molecule has 7 atom stereocenters. The molecule has 0 aromatic carbocycles. The molecule has 0 aromatic rings. The molecule has 95 heavy (non-hydrogen) atoms. The summed E-state index contributed by atoms with van der Waals surface area (Å²) < 4.78 is 68.4. The smallest absolute Gasteiger partial charge is 0.462 e. The van der Waals surface area contributed by atoms with Crippen LogP contribution in [-0.2, 0) is 65.4 Å². The minimum Gasteiger partial charge on any atom is -0.462 e. The van der Waals surface area contributed by atoms with Crippen LogP contribution in [0.4, 0.5) is 0 Å². The molecule has 4 unspecified atom stereocenters. The lowest BCUT2D eigenvalue weighted by atomic mass is 9.99. The standard InChI is InChI=1S/C76H148O17P2/c1-7-11-13-15-17-18-19-29-36-42-48-54-60-75(80)92-71(64-86-73(78)58-52-46-38-16-14-12-8-2)66-90-94(82,83)88-62-70(77)63-89-95(84,85)91-67-72(65-87-74(79)59-53-47-41-35-32-31-34-40-45-51-57-69(6)10-4)93-76(81)61-55-49-43-37-30-27-25-23-21-20-22-24-26-28-33-39-44-50-56-68(5)9-3/h68-72,77H,7-67H2,1-6H3,(H,82,83)(H,84,85)/t68?,69?,70-,71+,72+/m0/s1. The van der Waals surface area contributed by atoms with Gasteiger partial charge in [0.15, 0.2) is 12.2 Å². The first-order valence-electron chi connectivity index (χ1n) is 39.6. The average Bonchev–Trinajstić information content (AvgIpc) is 3.37. The number of rotatable bonds is 75. The quantitative estimate of drug-likeness (QED) is 0.0222. The number of esters is 4. The molecule has 0 spiro atoms. The van der Waals surface area contributed by atoms with Crippen molar-refractivity contribution >= 4 is 39.5 Å². The molecule has 0 heterocycles. The summed E-state index contributed by atoms with van der Waals surface area (Å²) in [4.78, 5) is 72.6. The molecule has 0 aliphatic carbocycles. The van der Waals surface area contributed by atoms with E-state index in [4.69, 9.17) is 37.0 Å². The number of ether oxygens (including phenoxy) is 4. The molecule has 0 bridgehead atoms. The van der Waals surface area contributed by atoms with Crippen LogP contribution in [0.5, 0.6) is 0 Å². The number of phosphoric ester groups is 2. The maximum absolute atomic E-state index is 13.1. The third kappa shape index (κ3) is 67.6. The molecule has 17 nitrogen and oxygen atoms in total. The first-order chi connectivity index (χ1) is 45.9. The van der Waals surface area contributed by atoms with Crippen molar-refractivity contribution in [2.45, 2.75) is 413 Å². The van der Waals surface area contributed by atoms with Gasteiger partial charge in [-0.15, -0.1) is 0 Å². The lowest BCUT2D eigenvalue weighted by Crippen LogP contribution is -2.30. The molecular formula is C76H148O17P2. The van der Waals surface area contributed by atoms with Crippen LogP contribution < -0.4 is 0 Å². The lowest BCUT2D eigenvalue weighted by Gasteiger charge is -2.21. The molecule has 0 amide bonds. The highest BCUT2D eigenvalue weighted by molar-refractivity contribution is 7.47. The Hall–Kier alpha value is -1.94. The first kappa shape index (κ1) is 93.1. The van der Waals surface area contributed by atoms with E-state index in [-0.39, 0.29) is 25.7 Å². The van der Waals surface area contributed by atoms with Crippen molar-refractivity contribution in [3.8, 4) is 0 Å². The van der Waals surface area contributed by atoms with Crippen LogP contribution in [-0.4, -0.2) is 96.7 Å². The van der Waals surface area contributed by atoms with Crippen LogP contribution in [0.15, 0.2) is 0 Å². The van der Waals surface area contributed by atoms with E-state index in [0.29, 0.717) is 25.7 Å². The van der Waals surface area contributed by atoms with Crippen LogP contribution in [0.25, 0.3) is 0 Å². The summed E-state index contributed by atoms with van der Waals surface area (Å²) in [7, 11) is -9.90. The summed E-state index contributed by atoms with van der Waals surface area (Å²) in [5, 5.41) is 10.6. The van der Waals surface area contributed by atoms with Gasteiger partial charge < -0.3 is 33.8 Å². The summed E-state index contributed by atoms with van der Waals surface area (Å²) in [6.45, 7) is 9.65. The van der Waals surface area contributed by atoms with E-state index >= 15 is 0 Å². The number of hydrogen-bond donors (Lipinski definition) is 3. The van der Waals surface area contributed by atoms with Crippen LogP contribution in [0.3, 0.4) is 0 Å². The Balaban J connectivity index is 5.16. The molecular weight excluding hydrogens is 1250 g/mol. The fourth-order valence-corrected chi connectivity index (χ4v) is 13.2. The molecule has 0 aromatic heterocycles. The summed E-state index contributed by atoms with van der Waals surface area (Å²) in [5.41, 5.74) is 0. The molecule has 0 rings (SSSR count). The topological polar surface area (TPSA) is 237 Å². The van der Waals surface area contributed by atoms with E-state index < -0.39 is 97.5 Å². The van der Waals surface area contributed by atoms with Crippen LogP contribution in [0.2, 0.25) is 0 Å². The van der Waals surface area contributed by atoms with Gasteiger partial charge in [-0.2, -0.15) is 0 Å². The fraction of sp³-hybridized carbons (Fsp3) is 0.947. The van der Waals surface area contributed by atoms with Crippen molar-refractivity contribution in [3.63, 3.8) is 0 Å². The Bertz CT molecular complexity index is 1840. The summed E-state index contributed by atoms with van der Waals surface area (Å²) in [6.07, 6.45) is 55.5.